The maximum atomic E-state index is 5.27. The first-order valence-electron chi connectivity index (χ1n) is 6.40. The first-order chi connectivity index (χ1) is 7.58. The van der Waals surface area contributed by atoms with Gasteiger partial charge in [0.15, 0.2) is 6.29 Å². The molecule has 1 fully saturated rings. The van der Waals surface area contributed by atoms with Crippen LogP contribution in [0.2, 0.25) is 0 Å². The number of hydrogen-bond donors (Lipinski definition) is 1. The van der Waals surface area contributed by atoms with E-state index in [0.717, 1.165) is 11.8 Å². The minimum Gasteiger partial charge on any atom is -0.354 e. The smallest absolute Gasteiger partial charge is 0.171 e. The molecule has 1 N–H and O–H groups in total. The Balaban J connectivity index is 2.41. The van der Waals surface area contributed by atoms with Gasteiger partial charge in [-0.25, -0.2) is 0 Å². The minimum atomic E-state index is -0.147. The summed E-state index contributed by atoms with van der Waals surface area (Å²) in [7, 11) is 3.39. The molecule has 4 atom stereocenters. The van der Waals surface area contributed by atoms with E-state index >= 15 is 0 Å². The summed E-state index contributed by atoms with van der Waals surface area (Å²) in [4.78, 5) is 0. The van der Waals surface area contributed by atoms with E-state index < -0.39 is 0 Å². The number of hydrogen-bond acceptors (Lipinski definition) is 3. The van der Waals surface area contributed by atoms with Crippen LogP contribution < -0.4 is 5.32 Å². The fourth-order valence-electron chi connectivity index (χ4n) is 2.83. The van der Waals surface area contributed by atoms with Gasteiger partial charge < -0.3 is 14.8 Å². The normalized spacial score (nSPS) is 33.0. The summed E-state index contributed by atoms with van der Waals surface area (Å²) in [5.74, 6) is 1.63. The molecule has 3 nitrogen and oxygen atoms in total. The van der Waals surface area contributed by atoms with Gasteiger partial charge in [0.1, 0.15) is 0 Å². The Bertz CT molecular complexity index is 194. The first-order valence-corrected chi connectivity index (χ1v) is 6.40. The number of methoxy groups -OCH3 is 2. The molecule has 1 aliphatic carbocycles. The van der Waals surface area contributed by atoms with E-state index in [1.54, 1.807) is 14.2 Å². The summed E-state index contributed by atoms with van der Waals surface area (Å²) in [6.45, 7) is 6.82. The van der Waals surface area contributed by atoms with Crippen molar-refractivity contribution in [2.24, 2.45) is 11.8 Å². The monoisotopic (exact) mass is 229 g/mol. The van der Waals surface area contributed by atoms with E-state index in [2.05, 4.69) is 26.1 Å². The Labute approximate surface area is 99.9 Å². The average Bonchev–Trinajstić information content (AvgIpc) is 2.24. The van der Waals surface area contributed by atoms with Crippen LogP contribution in [0.5, 0.6) is 0 Å². The molecule has 0 aromatic heterocycles. The molecule has 0 aromatic carbocycles. The lowest BCUT2D eigenvalue weighted by Gasteiger charge is -2.36. The molecule has 0 spiro atoms. The molecule has 96 valence electrons. The Kier molecular flexibility index (Phi) is 5.73. The topological polar surface area (TPSA) is 30.5 Å². The molecule has 3 heteroatoms. The third-order valence-corrected chi connectivity index (χ3v) is 3.78. The van der Waals surface area contributed by atoms with Crippen molar-refractivity contribution in [3.05, 3.63) is 0 Å². The van der Waals surface area contributed by atoms with Crippen molar-refractivity contribution in [3.8, 4) is 0 Å². The van der Waals surface area contributed by atoms with Crippen LogP contribution >= 0.6 is 0 Å². The lowest BCUT2D eigenvalue weighted by Crippen LogP contribution is -2.49. The zero-order valence-corrected chi connectivity index (χ0v) is 11.3. The summed E-state index contributed by atoms with van der Waals surface area (Å²) < 4.78 is 10.5. The highest BCUT2D eigenvalue weighted by Gasteiger charge is 2.28. The fourth-order valence-corrected chi connectivity index (χ4v) is 2.83. The van der Waals surface area contributed by atoms with Crippen LogP contribution in [0.1, 0.15) is 40.0 Å². The molecular weight excluding hydrogens is 202 g/mol. The Morgan fingerprint density at radius 2 is 1.75 bits per heavy atom. The van der Waals surface area contributed by atoms with E-state index in [4.69, 9.17) is 9.47 Å². The Morgan fingerprint density at radius 3 is 2.25 bits per heavy atom. The maximum Gasteiger partial charge on any atom is 0.171 e. The maximum absolute atomic E-state index is 5.27. The minimum absolute atomic E-state index is 0.147. The standard InChI is InChI=1S/C13H27NO2/c1-9-6-7-12(10(2)8-9)14-11(3)13(15-4)16-5/h9-14H,6-8H2,1-5H3. The lowest BCUT2D eigenvalue weighted by molar-refractivity contribution is -0.122. The predicted molar refractivity (Wildman–Crippen MR) is 66.4 cm³/mol. The first kappa shape index (κ1) is 13.9. The van der Waals surface area contributed by atoms with Crippen LogP contribution in [-0.4, -0.2) is 32.6 Å². The SMILES string of the molecule is COC(OC)C(C)NC1CCC(C)CC1C. The quantitative estimate of drug-likeness (QED) is 0.734. The summed E-state index contributed by atoms with van der Waals surface area (Å²) in [6, 6.07) is 0.856. The zero-order valence-electron chi connectivity index (χ0n) is 11.3. The van der Waals surface area contributed by atoms with E-state index in [0.29, 0.717) is 6.04 Å². The Hall–Kier alpha value is -0.120. The van der Waals surface area contributed by atoms with Gasteiger partial charge in [-0.05, 0) is 38.0 Å². The third-order valence-electron chi connectivity index (χ3n) is 3.78. The second-order valence-electron chi connectivity index (χ2n) is 5.30. The van der Waals surface area contributed by atoms with Crippen LogP contribution in [0.4, 0.5) is 0 Å². The van der Waals surface area contributed by atoms with Gasteiger partial charge in [0, 0.05) is 20.3 Å². The fraction of sp³-hybridized carbons (Fsp3) is 1.00. The second-order valence-corrected chi connectivity index (χ2v) is 5.30. The van der Waals surface area contributed by atoms with Gasteiger partial charge in [0.05, 0.1) is 6.04 Å². The van der Waals surface area contributed by atoms with Gasteiger partial charge in [-0.3, -0.25) is 0 Å². The number of ether oxygens (including phenoxy) is 2. The largest absolute Gasteiger partial charge is 0.354 e. The zero-order chi connectivity index (χ0) is 12.1. The summed E-state index contributed by atoms with van der Waals surface area (Å²) in [6.07, 6.45) is 3.79. The molecule has 1 rings (SSSR count). The molecule has 0 radical (unpaired) electrons. The van der Waals surface area contributed by atoms with Crippen LogP contribution in [0.25, 0.3) is 0 Å². The van der Waals surface area contributed by atoms with Crippen LogP contribution in [0.3, 0.4) is 0 Å². The molecule has 0 heterocycles. The molecule has 1 aliphatic rings. The molecule has 4 unspecified atom stereocenters. The van der Waals surface area contributed by atoms with Gasteiger partial charge >= 0.3 is 0 Å². The molecule has 0 amide bonds. The molecule has 0 bridgehead atoms. The number of nitrogens with one attached hydrogen (secondary N) is 1. The van der Waals surface area contributed by atoms with Gasteiger partial charge in [-0.2, -0.15) is 0 Å². The molecule has 0 aliphatic heterocycles. The summed E-state index contributed by atoms with van der Waals surface area (Å²) >= 11 is 0. The van der Waals surface area contributed by atoms with E-state index in [9.17, 15) is 0 Å². The van der Waals surface area contributed by atoms with Gasteiger partial charge in [-0.1, -0.05) is 13.8 Å². The summed E-state index contributed by atoms with van der Waals surface area (Å²) in [5.41, 5.74) is 0. The van der Waals surface area contributed by atoms with Crippen molar-refractivity contribution < 1.29 is 9.47 Å². The molecule has 0 saturated heterocycles. The van der Waals surface area contributed by atoms with Gasteiger partial charge in [-0.15, -0.1) is 0 Å². The highest BCUT2D eigenvalue weighted by atomic mass is 16.7. The number of rotatable bonds is 5. The average molecular weight is 229 g/mol. The molecule has 1 saturated carbocycles. The van der Waals surface area contributed by atoms with E-state index in [1.165, 1.54) is 19.3 Å². The second kappa shape index (κ2) is 6.58. The van der Waals surface area contributed by atoms with Crippen LogP contribution in [0, 0.1) is 11.8 Å². The van der Waals surface area contributed by atoms with Crippen molar-refractivity contribution in [2.75, 3.05) is 14.2 Å². The molecular formula is C13H27NO2. The van der Waals surface area contributed by atoms with Crippen molar-refractivity contribution >= 4 is 0 Å². The van der Waals surface area contributed by atoms with Crippen molar-refractivity contribution in [1.29, 1.82) is 0 Å². The lowest BCUT2D eigenvalue weighted by atomic mass is 9.79. The Morgan fingerprint density at radius 1 is 1.12 bits per heavy atom. The van der Waals surface area contributed by atoms with E-state index in [1.807, 2.05) is 0 Å². The van der Waals surface area contributed by atoms with Gasteiger partial charge in [0.2, 0.25) is 0 Å². The van der Waals surface area contributed by atoms with Crippen LogP contribution in [0.15, 0.2) is 0 Å². The van der Waals surface area contributed by atoms with E-state index in [-0.39, 0.29) is 12.3 Å². The van der Waals surface area contributed by atoms with Crippen molar-refractivity contribution in [3.63, 3.8) is 0 Å². The molecule has 0 aromatic rings. The highest BCUT2D eigenvalue weighted by molar-refractivity contribution is 4.83. The van der Waals surface area contributed by atoms with Crippen molar-refractivity contribution in [2.45, 2.75) is 58.4 Å². The third kappa shape index (κ3) is 3.72. The van der Waals surface area contributed by atoms with Crippen LogP contribution in [-0.2, 0) is 9.47 Å². The highest BCUT2D eigenvalue weighted by Crippen LogP contribution is 2.29. The predicted octanol–water partition coefficient (Wildman–Crippen LogP) is 2.41. The molecule has 16 heavy (non-hydrogen) atoms. The van der Waals surface area contributed by atoms with Gasteiger partial charge in [0.25, 0.3) is 0 Å². The summed E-state index contributed by atoms with van der Waals surface area (Å²) in [5, 5.41) is 3.64. The van der Waals surface area contributed by atoms with Crippen molar-refractivity contribution in [1.82, 2.24) is 5.32 Å².